The molecule has 10 heteroatoms. The van der Waals surface area contributed by atoms with E-state index < -0.39 is 33.7 Å². The van der Waals surface area contributed by atoms with Crippen LogP contribution >= 0.6 is 11.6 Å². The number of sulfonamides is 1. The topological polar surface area (TPSA) is 75.3 Å². The molecule has 2 rings (SSSR count). The maximum Gasteiger partial charge on any atom is 0.416 e. The van der Waals surface area contributed by atoms with Crippen molar-refractivity contribution in [1.82, 2.24) is 4.72 Å². The normalized spacial score (nSPS) is 13.3. The first-order valence-corrected chi connectivity index (χ1v) is 9.53. The molecule has 2 aromatic rings. The zero-order chi connectivity index (χ0) is 20.4. The summed E-state index contributed by atoms with van der Waals surface area (Å²) in [5.74, 6) is -0.855. The third kappa shape index (κ3) is 5.44. The molecule has 1 atom stereocenters. The summed E-state index contributed by atoms with van der Waals surface area (Å²) in [5, 5.41) is 2.10. The van der Waals surface area contributed by atoms with Crippen LogP contribution < -0.4 is 10.0 Å². The lowest BCUT2D eigenvalue weighted by Gasteiger charge is -2.16. The Morgan fingerprint density at radius 2 is 1.70 bits per heavy atom. The van der Waals surface area contributed by atoms with Gasteiger partial charge in [0.25, 0.3) is 0 Å². The molecule has 0 aliphatic heterocycles. The van der Waals surface area contributed by atoms with Crippen LogP contribution in [0, 0.1) is 6.92 Å². The number of hydrogen-bond donors (Lipinski definition) is 2. The summed E-state index contributed by atoms with van der Waals surface area (Å²) >= 11 is 5.82. The number of nitrogens with one attached hydrogen (secondary N) is 2. The van der Waals surface area contributed by atoms with Crippen LogP contribution in [-0.2, 0) is 21.0 Å². The van der Waals surface area contributed by atoms with Crippen molar-refractivity contribution >= 4 is 33.2 Å². The van der Waals surface area contributed by atoms with Crippen LogP contribution in [0.3, 0.4) is 0 Å². The summed E-state index contributed by atoms with van der Waals surface area (Å²) < 4.78 is 65.1. The van der Waals surface area contributed by atoms with E-state index in [-0.39, 0.29) is 15.6 Å². The van der Waals surface area contributed by atoms with E-state index in [0.717, 1.165) is 17.7 Å². The maximum absolute atomic E-state index is 12.8. The van der Waals surface area contributed by atoms with Gasteiger partial charge in [0.05, 0.1) is 27.2 Å². The standard InChI is InChI=1S/C17H16ClF3N2O3S/c1-10-3-6-13(7-4-10)27(25,26)23-11(2)16(24)22-15-9-12(17(19,20)21)5-8-14(15)18/h3-9,11,23H,1-2H3,(H,22,24). The smallest absolute Gasteiger partial charge is 0.323 e. The molecule has 0 saturated heterocycles. The second-order valence-electron chi connectivity index (χ2n) is 5.84. The molecular weight excluding hydrogens is 405 g/mol. The van der Waals surface area contributed by atoms with Crippen LogP contribution in [0.5, 0.6) is 0 Å². The van der Waals surface area contributed by atoms with Crippen LogP contribution in [0.1, 0.15) is 18.1 Å². The number of benzene rings is 2. The van der Waals surface area contributed by atoms with Gasteiger partial charge in [0.1, 0.15) is 0 Å². The summed E-state index contributed by atoms with van der Waals surface area (Å²) in [6.45, 7) is 3.06. The lowest BCUT2D eigenvalue weighted by Crippen LogP contribution is -2.41. The number of carbonyl (C=O) groups is 1. The first-order valence-electron chi connectivity index (χ1n) is 7.67. The highest BCUT2D eigenvalue weighted by Crippen LogP contribution is 2.33. The molecule has 5 nitrogen and oxygen atoms in total. The molecule has 0 aliphatic rings. The van der Waals surface area contributed by atoms with Gasteiger partial charge < -0.3 is 5.32 Å². The van der Waals surface area contributed by atoms with Gasteiger partial charge in [-0.25, -0.2) is 8.42 Å². The van der Waals surface area contributed by atoms with Crippen molar-refractivity contribution in [2.24, 2.45) is 0 Å². The van der Waals surface area contributed by atoms with E-state index in [1.54, 1.807) is 19.1 Å². The molecule has 0 saturated carbocycles. The van der Waals surface area contributed by atoms with Gasteiger partial charge in [0.2, 0.25) is 15.9 Å². The molecular formula is C17H16ClF3N2O3S. The second-order valence-corrected chi connectivity index (χ2v) is 7.96. The van der Waals surface area contributed by atoms with Crippen molar-refractivity contribution in [3.05, 3.63) is 58.6 Å². The number of alkyl halides is 3. The van der Waals surface area contributed by atoms with Gasteiger partial charge in [0, 0.05) is 0 Å². The van der Waals surface area contributed by atoms with Crippen molar-refractivity contribution in [1.29, 1.82) is 0 Å². The number of halogens is 4. The van der Waals surface area contributed by atoms with Gasteiger partial charge in [-0.15, -0.1) is 0 Å². The molecule has 0 radical (unpaired) electrons. The molecule has 27 heavy (non-hydrogen) atoms. The number of rotatable bonds is 5. The van der Waals surface area contributed by atoms with Crippen molar-refractivity contribution in [2.75, 3.05) is 5.32 Å². The lowest BCUT2D eigenvalue weighted by molar-refractivity contribution is -0.137. The fourth-order valence-electron chi connectivity index (χ4n) is 2.11. The number of aryl methyl sites for hydroxylation is 1. The van der Waals surface area contributed by atoms with E-state index >= 15 is 0 Å². The molecule has 2 aromatic carbocycles. The van der Waals surface area contributed by atoms with Gasteiger partial charge in [-0.1, -0.05) is 29.3 Å². The predicted octanol–water partition coefficient (Wildman–Crippen LogP) is 3.97. The maximum atomic E-state index is 12.8. The van der Waals surface area contributed by atoms with E-state index in [1.165, 1.54) is 19.1 Å². The number of carbonyl (C=O) groups excluding carboxylic acids is 1. The molecule has 1 unspecified atom stereocenters. The average molecular weight is 421 g/mol. The van der Waals surface area contributed by atoms with Crippen molar-refractivity contribution in [2.45, 2.75) is 31.0 Å². The van der Waals surface area contributed by atoms with Crippen LogP contribution in [0.25, 0.3) is 0 Å². The highest BCUT2D eigenvalue weighted by Gasteiger charge is 2.31. The Hall–Kier alpha value is -2.10. The predicted molar refractivity (Wildman–Crippen MR) is 96.0 cm³/mol. The van der Waals surface area contributed by atoms with E-state index in [4.69, 9.17) is 11.6 Å². The van der Waals surface area contributed by atoms with E-state index in [1.807, 2.05) is 0 Å². The van der Waals surface area contributed by atoms with E-state index in [9.17, 15) is 26.4 Å². The minimum absolute atomic E-state index is 0.0372. The van der Waals surface area contributed by atoms with Gasteiger partial charge in [-0.05, 0) is 44.2 Å². The molecule has 0 aliphatic carbocycles. The van der Waals surface area contributed by atoms with Crippen molar-refractivity contribution in [3.8, 4) is 0 Å². The molecule has 146 valence electrons. The number of hydrogen-bond acceptors (Lipinski definition) is 3. The number of amides is 1. The van der Waals surface area contributed by atoms with Gasteiger partial charge in [0.15, 0.2) is 0 Å². The Morgan fingerprint density at radius 3 is 2.26 bits per heavy atom. The lowest BCUT2D eigenvalue weighted by atomic mass is 10.2. The highest BCUT2D eigenvalue weighted by molar-refractivity contribution is 7.89. The Morgan fingerprint density at radius 1 is 1.11 bits per heavy atom. The van der Waals surface area contributed by atoms with Gasteiger partial charge >= 0.3 is 6.18 Å². The molecule has 1 amide bonds. The average Bonchev–Trinajstić information content (AvgIpc) is 2.55. The molecule has 0 bridgehead atoms. The van der Waals surface area contributed by atoms with Crippen LogP contribution in [-0.4, -0.2) is 20.4 Å². The third-order valence-corrected chi connectivity index (χ3v) is 5.49. The van der Waals surface area contributed by atoms with Gasteiger partial charge in [-0.2, -0.15) is 17.9 Å². The van der Waals surface area contributed by atoms with E-state index in [0.29, 0.717) is 6.07 Å². The highest BCUT2D eigenvalue weighted by atomic mass is 35.5. The summed E-state index contributed by atoms with van der Waals surface area (Å²) in [6.07, 6.45) is -4.61. The quantitative estimate of drug-likeness (QED) is 0.768. The van der Waals surface area contributed by atoms with Crippen molar-refractivity contribution in [3.63, 3.8) is 0 Å². The Balaban J connectivity index is 2.15. The summed E-state index contributed by atoms with van der Waals surface area (Å²) in [7, 11) is -3.98. The minimum atomic E-state index is -4.61. The summed E-state index contributed by atoms with van der Waals surface area (Å²) in [4.78, 5) is 12.2. The summed E-state index contributed by atoms with van der Waals surface area (Å²) in [6, 6.07) is 7.17. The zero-order valence-corrected chi connectivity index (χ0v) is 15.8. The fourth-order valence-corrected chi connectivity index (χ4v) is 3.48. The van der Waals surface area contributed by atoms with Crippen LogP contribution in [0.4, 0.5) is 18.9 Å². The Kier molecular flexibility index (Phi) is 6.18. The molecule has 0 heterocycles. The monoisotopic (exact) mass is 420 g/mol. The second kappa shape index (κ2) is 7.87. The Bertz CT molecular complexity index is 945. The SMILES string of the molecule is Cc1ccc(S(=O)(=O)NC(C)C(=O)Nc2cc(C(F)(F)F)ccc2Cl)cc1. The fraction of sp³-hybridized carbons (Fsp3) is 0.235. The molecule has 0 fully saturated rings. The van der Waals surface area contributed by atoms with Crippen molar-refractivity contribution < 1.29 is 26.4 Å². The molecule has 0 spiro atoms. The summed E-state index contributed by atoms with van der Waals surface area (Å²) in [5.41, 5.74) is -0.396. The number of anilines is 1. The van der Waals surface area contributed by atoms with Gasteiger partial charge in [-0.3, -0.25) is 4.79 Å². The Labute approximate surface area is 159 Å². The van der Waals surface area contributed by atoms with E-state index in [2.05, 4.69) is 10.0 Å². The molecule has 2 N–H and O–H groups in total. The third-order valence-electron chi connectivity index (χ3n) is 3.61. The minimum Gasteiger partial charge on any atom is -0.323 e. The first-order chi connectivity index (χ1) is 12.4. The van der Waals surface area contributed by atoms with Crippen LogP contribution in [0.15, 0.2) is 47.4 Å². The van der Waals surface area contributed by atoms with Crippen LogP contribution in [0.2, 0.25) is 5.02 Å². The first kappa shape index (κ1) is 21.2. The molecule has 0 aromatic heterocycles. The largest absolute Gasteiger partial charge is 0.416 e. The zero-order valence-electron chi connectivity index (χ0n) is 14.3.